The molecule has 14 heavy (non-hydrogen) atoms. The number of rotatable bonds is 3. The van der Waals surface area contributed by atoms with Gasteiger partial charge in [0.1, 0.15) is 0 Å². The molecule has 0 aromatic heterocycles. The Bertz CT molecular complexity index is 186. The van der Waals surface area contributed by atoms with Crippen molar-refractivity contribution in [2.24, 2.45) is 0 Å². The first-order valence-corrected chi connectivity index (χ1v) is 5.70. The molecule has 1 aliphatic heterocycles. The lowest BCUT2D eigenvalue weighted by Gasteiger charge is -2.31. The van der Waals surface area contributed by atoms with Crippen molar-refractivity contribution in [1.29, 1.82) is 0 Å². The Kier molecular flexibility index (Phi) is 4.39. The molecule has 1 N–H and O–H groups in total. The van der Waals surface area contributed by atoms with Crippen molar-refractivity contribution in [2.45, 2.75) is 52.1 Å². The maximum Gasteiger partial charge on any atom is 0.239 e. The summed E-state index contributed by atoms with van der Waals surface area (Å²) >= 11 is 0. The van der Waals surface area contributed by atoms with Crippen molar-refractivity contribution in [3.05, 3.63) is 0 Å². The zero-order chi connectivity index (χ0) is 10.6. The Hall–Kier alpha value is -0.570. The van der Waals surface area contributed by atoms with Crippen LogP contribution in [0.5, 0.6) is 0 Å². The molecule has 0 saturated carbocycles. The van der Waals surface area contributed by atoms with Crippen LogP contribution in [0.1, 0.15) is 40.0 Å². The van der Waals surface area contributed by atoms with E-state index in [2.05, 4.69) is 19.2 Å². The number of hydrogen-bond donors (Lipinski definition) is 1. The van der Waals surface area contributed by atoms with E-state index in [1.54, 1.807) is 0 Å². The van der Waals surface area contributed by atoms with E-state index in [4.69, 9.17) is 0 Å². The van der Waals surface area contributed by atoms with Crippen molar-refractivity contribution >= 4 is 5.91 Å². The number of nitrogens with zero attached hydrogens (tertiary/aromatic N) is 1. The van der Waals surface area contributed by atoms with E-state index >= 15 is 0 Å². The van der Waals surface area contributed by atoms with Gasteiger partial charge in [0, 0.05) is 12.6 Å². The molecule has 1 fully saturated rings. The molecule has 3 heteroatoms. The van der Waals surface area contributed by atoms with Crippen molar-refractivity contribution in [3.63, 3.8) is 0 Å². The highest BCUT2D eigenvalue weighted by atomic mass is 16.2. The molecule has 1 saturated heterocycles. The predicted molar refractivity (Wildman–Crippen MR) is 58.2 cm³/mol. The lowest BCUT2D eigenvalue weighted by molar-refractivity contribution is -0.135. The summed E-state index contributed by atoms with van der Waals surface area (Å²) in [5.41, 5.74) is 0. The first-order chi connectivity index (χ1) is 6.66. The van der Waals surface area contributed by atoms with E-state index in [0.29, 0.717) is 6.04 Å². The van der Waals surface area contributed by atoms with Gasteiger partial charge >= 0.3 is 0 Å². The maximum absolute atomic E-state index is 12.0. The average Bonchev–Trinajstić information content (AvgIpc) is 2.19. The van der Waals surface area contributed by atoms with E-state index in [9.17, 15) is 4.79 Å². The topological polar surface area (TPSA) is 32.3 Å². The van der Waals surface area contributed by atoms with Crippen molar-refractivity contribution in [1.82, 2.24) is 10.2 Å². The van der Waals surface area contributed by atoms with Crippen molar-refractivity contribution < 1.29 is 4.79 Å². The number of piperidine rings is 1. The third-order valence-corrected chi connectivity index (χ3v) is 2.86. The smallest absolute Gasteiger partial charge is 0.239 e. The van der Waals surface area contributed by atoms with Crippen molar-refractivity contribution in [2.75, 3.05) is 13.1 Å². The largest absolute Gasteiger partial charge is 0.339 e. The van der Waals surface area contributed by atoms with E-state index in [1.165, 1.54) is 12.8 Å². The standard InChI is InChI=1S/C11H22N2O/c1-4-13(9(2)3)11(14)10-7-5-6-8-12-10/h9-10,12H,4-8H2,1-3H3/t10-/m1/s1. The van der Waals surface area contributed by atoms with Gasteiger partial charge in [-0.05, 0) is 40.2 Å². The molecule has 0 radical (unpaired) electrons. The van der Waals surface area contributed by atoms with E-state index < -0.39 is 0 Å². The molecule has 1 aliphatic rings. The monoisotopic (exact) mass is 198 g/mol. The summed E-state index contributed by atoms with van der Waals surface area (Å²) in [6.07, 6.45) is 3.39. The summed E-state index contributed by atoms with van der Waals surface area (Å²) < 4.78 is 0. The quantitative estimate of drug-likeness (QED) is 0.743. The number of amides is 1. The van der Waals surface area contributed by atoms with Crippen molar-refractivity contribution in [3.8, 4) is 0 Å². The first-order valence-electron chi connectivity index (χ1n) is 5.70. The highest BCUT2D eigenvalue weighted by Crippen LogP contribution is 2.11. The maximum atomic E-state index is 12.0. The predicted octanol–water partition coefficient (Wildman–Crippen LogP) is 1.39. The molecule has 1 heterocycles. The first kappa shape index (κ1) is 11.5. The molecule has 1 rings (SSSR count). The molecular weight excluding hydrogens is 176 g/mol. The molecular formula is C11H22N2O. The fraction of sp³-hybridized carbons (Fsp3) is 0.909. The lowest BCUT2D eigenvalue weighted by Crippen LogP contribution is -2.50. The SMILES string of the molecule is CCN(C(=O)[C@H]1CCCCN1)C(C)C. The van der Waals surface area contributed by atoms with Crippen LogP contribution in [0.15, 0.2) is 0 Å². The average molecular weight is 198 g/mol. The minimum absolute atomic E-state index is 0.0751. The van der Waals surface area contributed by atoms with Gasteiger partial charge in [-0.3, -0.25) is 4.79 Å². The fourth-order valence-electron chi connectivity index (χ4n) is 2.04. The molecule has 0 aromatic carbocycles. The van der Waals surface area contributed by atoms with Gasteiger partial charge in [0.25, 0.3) is 0 Å². The molecule has 1 atom stereocenters. The van der Waals surface area contributed by atoms with Crippen LogP contribution in [0.2, 0.25) is 0 Å². The van der Waals surface area contributed by atoms with Gasteiger partial charge in [0.15, 0.2) is 0 Å². The Balaban J connectivity index is 2.52. The van der Waals surface area contributed by atoms with Gasteiger partial charge in [-0.15, -0.1) is 0 Å². The van der Waals surface area contributed by atoms with Crippen LogP contribution >= 0.6 is 0 Å². The van der Waals surface area contributed by atoms with Crippen LogP contribution < -0.4 is 5.32 Å². The summed E-state index contributed by atoms with van der Waals surface area (Å²) in [6, 6.07) is 0.391. The number of nitrogens with one attached hydrogen (secondary N) is 1. The summed E-state index contributed by atoms with van der Waals surface area (Å²) in [5.74, 6) is 0.280. The van der Waals surface area contributed by atoms with Crippen LogP contribution in [-0.4, -0.2) is 36.0 Å². The van der Waals surface area contributed by atoms with Gasteiger partial charge in [-0.25, -0.2) is 0 Å². The number of likely N-dealkylation sites (N-methyl/N-ethyl adjacent to an activating group) is 1. The zero-order valence-electron chi connectivity index (χ0n) is 9.55. The lowest BCUT2D eigenvalue weighted by atomic mass is 10.0. The highest BCUT2D eigenvalue weighted by Gasteiger charge is 2.25. The number of carbonyl (C=O) groups excluding carboxylic acids is 1. The second-order valence-electron chi connectivity index (χ2n) is 4.22. The third-order valence-electron chi connectivity index (χ3n) is 2.86. The Morgan fingerprint density at radius 3 is 2.64 bits per heavy atom. The minimum atomic E-state index is 0.0751. The zero-order valence-corrected chi connectivity index (χ0v) is 9.55. The highest BCUT2D eigenvalue weighted by molar-refractivity contribution is 5.82. The van der Waals surface area contributed by atoms with Crippen LogP contribution in [0.4, 0.5) is 0 Å². The number of hydrogen-bond acceptors (Lipinski definition) is 2. The van der Waals surface area contributed by atoms with Crippen LogP contribution in [0.3, 0.4) is 0 Å². The van der Waals surface area contributed by atoms with E-state index in [-0.39, 0.29) is 11.9 Å². The Morgan fingerprint density at radius 1 is 1.50 bits per heavy atom. The third kappa shape index (κ3) is 2.71. The molecule has 0 bridgehead atoms. The molecule has 0 spiro atoms. The molecule has 1 amide bonds. The van der Waals surface area contributed by atoms with E-state index in [1.807, 2.05) is 11.8 Å². The van der Waals surface area contributed by atoms with E-state index in [0.717, 1.165) is 19.5 Å². The molecule has 82 valence electrons. The van der Waals surface area contributed by atoms with Gasteiger partial charge in [-0.1, -0.05) is 6.42 Å². The van der Waals surface area contributed by atoms with Gasteiger partial charge in [0.2, 0.25) is 5.91 Å². The summed E-state index contributed by atoms with van der Waals surface area (Å²) in [7, 11) is 0. The summed E-state index contributed by atoms with van der Waals surface area (Å²) in [6.45, 7) is 8.00. The van der Waals surface area contributed by atoms with Crippen LogP contribution in [0, 0.1) is 0 Å². The van der Waals surface area contributed by atoms with Crippen LogP contribution in [0.25, 0.3) is 0 Å². The second-order valence-corrected chi connectivity index (χ2v) is 4.22. The summed E-state index contributed by atoms with van der Waals surface area (Å²) in [4.78, 5) is 14.0. The molecule has 0 aromatic rings. The number of carbonyl (C=O) groups is 1. The minimum Gasteiger partial charge on any atom is -0.339 e. The fourth-order valence-corrected chi connectivity index (χ4v) is 2.04. The normalized spacial score (nSPS) is 22.4. The Morgan fingerprint density at radius 2 is 2.21 bits per heavy atom. The molecule has 3 nitrogen and oxygen atoms in total. The Labute approximate surface area is 86.9 Å². The van der Waals surface area contributed by atoms with Crippen LogP contribution in [-0.2, 0) is 4.79 Å². The van der Waals surface area contributed by atoms with Gasteiger partial charge < -0.3 is 10.2 Å². The van der Waals surface area contributed by atoms with Gasteiger partial charge in [-0.2, -0.15) is 0 Å². The second kappa shape index (κ2) is 5.35. The molecule has 0 aliphatic carbocycles. The van der Waals surface area contributed by atoms with Gasteiger partial charge in [0.05, 0.1) is 6.04 Å². The summed E-state index contributed by atoms with van der Waals surface area (Å²) in [5, 5.41) is 3.30. The molecule has 0 unspecified atom stereocenters.